The molecule has 0 bridgehead atoms. The van der Waals surface area contributed by atoms with Crippen LogP contribution in [0.15, 0.2) is 47.7 Å². The standard InChI is InChI=1S/C24H24F3N5O3/c1-16(33)30-8-10-31(11-9-30)18-4-6-21-20(12-18)23(35)32(15-29-21)14-19(34)5-2-17-3-7-22(28-13-17)24(25,26)27/h3-4,6-7,12-13,15H,2,5,8-11,14H2,1H3. The first kappa shape index (κ1) is 24.4. The Labute approximate surface area is 199 Å². The van der Waals surface area contributed by atoms with Gasteiger partial charge in [-0.2, -0.15) is 13.2 Å². The Bertz CT molecular complexity index is 1300. The minimum absolute atomic E-state index is 0.0366. The first-order chi connectivity index (χ1) is 16.6. The smallest absolute Gasteiger partial charge is 0.368 e. The molecule has 0 radical (unpaired) electrons. The summed E-state index contributed by atoms with van der Waals surface area (Å²) in [6.45, 7) is 3.87. The summed E-state index contributed by atoms with van der Waals surface area (Å²) in [6.07, 6.45) is -1.80. The molecule has 1 amide bonds. The number of pyridine rings is 1. The average Bonchev–Trinajstić information content (AvgIpc) is 2.84. The molecule has 8 nitrogen and oxygen atoms in total. The molecule has 0 atom stereocenters. The fraction of sp³-hybridized carbons (Fsp3) is 0.375. The van der Waals surface area contributed by atoms with Gasteiger partial charge < -0.3 is 9.80 Å². The summed E-state index contributed by atoms with van der Waals surface area (Å²) in [5.74, 6) is -0.209. The Kier molecular flexibility index (Phi) is 6.86. The van der Waals surface area contributed by atoms with E-state index in [1.807, 2.05) is 6.07 Å². The number of piperazine rings is 1. The second kappa shape index (κ2) is 9.85. The van der Waals surface area contributed by atoms with Crippen LogP contribution in [0.1, 0.15) is 24.6 Å². The van der Waals surface area contributed by atoms with Gasteiger partial charge in [0.25, 0.3) is 5.56 Å². The predicted octanol–water partition coefficient (Wildman–Crippen LogP) is 2.68. The highest BCUT2D eigenvalue weighted by atomic mass is 19.4. The fourth-order valence-electron chi connectivity index (χ4n) is 4.03. The number of anilines is 1. The van der Waals surface area contributed by atoms with Gasteiger partial charge in [-0.1, -0.05) is 6.07 Å². The zero-order valence-corrected chi connectivity index (χ0v) is 19.1. The van der Waals surface area contributed by atoms with Crippen molar-refractivity contribution in [1.29, 1.82) is 0 Å². The van der Waals surface area contributed by atoms with Crippen LogP contribution in [0.2, 0.25) is 0 Å². The largest absolute Gasteiger partial charge is 0.433 e. The van der Waals surface area contributed by atoms with Gasteiger partial charge >= 0.3 is 6.18 Å². The summed E-state index contributed by atoms with van der Waals surface area (Å²) in [7, 11) is 0. The lowest BCUT2D eigenvalue weighted by molar-refractivity contribution is -0.141. The zero-order valence-electron chi connectivity index (χ0n) is 19.1. The highest BCUT2D eigenvalue weighted by Crippen LogP contribution is 2.27. The number of alkyl halides is 3. The van der Waals surface area contributed by atoms with Crippen LogP contribution >= 0.6 is 0 Å². The number of hydrogen-bond donors (Lipinski definition) is 0. The van der Waals surface area contributed by atoms with E-state index in [0.717, 1.165) is 18.0 Å². The van der Waals surface area contributed by atoms with Crippen molar-refractivity contribution in [3.05, 3.63) is 64.5 Å². The number of rotatable bonds is 6. The third-order valence-corrected chi connectivity index (χ3v) is 6.05. The molecule has 2 aromatic heterocycles. The molecule has 0 unspecified atom stereocenters. The van der Waals surface area contributed by atoms with Gasteiger partial charge in [-0.15, -0.1) is 0 Å². The second-order valence-corrected chi connectivity index (χ2v) is 8.46. The number of amides is 1. The lowest BCUT2D eigenvalue weighted by Crippen LogP contribution is -2.48. The van der Waals surface area contributed by atoms with Crippen molar-refractivity contribution in [1.82, 2.24) is 19.4 Å². The van der Waals surface area contributed by atoms with E-state index in [1.54, 1.807) is 24.0 Å². The van der Waals surface area contributed by atoms with Gasteiger partial charge in [-0.3, -0.25) is 23.9 Å². The summed E-state index contributed by atoms with van der Waals surface area (Å²) < 4.78 is 39.1. The number of ketones is 1. The molecule has 3 aromatic rings. The number of aryl methyl sites for hydroxylation is 1. The van der Waals surface area contributed by atoms with Crippen LogP contribution in [0.25, 0.3) is 10.9 Å². The van der Waals surface area contributed by atoms with Crippen molar-refractivity contribution in [2.24, 2.45) is 0 Å². The normalized spacial score (nSPS) is 14.4. The topological polar surface area (TPSA) is 88.4 Å². The Morgan fingerprint density at radius 2 is 1.77 bits per heavy atom. The van der Waals surface area contributed by atoms with E-state index in [2.05, 4.69) is 14.9 Å². The van der Waals surface area contributed by atoms with Crippen LogP contribution < -0.4 is 10.5 Å². The molecule has 0 saturated carbocycles. The van der Waals surface area contributed by atoms with Crippen LogP contribution in [0, 0.1) is 0 Å². The Balaban J connectivity index is 1.43. The summed E-state index contributed by atoms with van der Waals surface area (Å²) in [5, 5.41) is 0.388. The minimum Gasteiger partial charge on any atom is -0.368 e. The Morgan fingerprint density at radius 1 is 1.03 bits per heavy atom. The summed E-state index contributed by atoms with van der Waals surface area (Å²) in [5.41, 5.74) is 0.536. The number of fused-ring (bicyclic) bond motifs is 1. The van der Waals surface area contributed by atoms with E-state index < -0.39 is 11.9 Å². The van der Waals surface area contributed by atoms with Crippen molar-refractivity contribution in [2.75, 3.05) is 31.1 Å². The third kappa shape index (κ3) is 5.67. The van der Waals surface area contributed by atoms with Crippen LogP contribution in [0.5, 0.6) is 0 Å². The maximum atomic E-state index is 13.0. The minimum atomic E-state index is -4.51. The molecule has 1 aliphatic heterocycles. The molecule has 0 aliphatic carbocycles. The maximum absolute atomic E-state index is 13.0. The van der Waals surface area contributed by atoms with Gasteiger partial charge in [0.2, 0.25) is 5.91 Å². The number of hydrogen-bond acceptors (Lipinski definition) is 6. The van der Waals surface area contributed by atoms with Crippen LogP contribution in [0.3, 0.4) is 0 Å². The monoisotopic (exact) mass is 487 g/mol. The van der Waals surface area contributed by atoms with Gasteiger partial charge in [0, 0.05) is 51.4 Å². The van der Waals surface area contributed by atoms with Crippen LogP contribution in [-0.2, 0) is 28.7 Å². The summed E-state index contributed by atoms with van der Waals surface area (Å²) in [6, 6.07) is 7.57. The van der Waals surface area contributed by atoms with Crippen molar-refractivity contribution in [3.63, 3.8) is 0 Å². The van der Waals surface area contributed by atoms with E-state index in [4.69, 9.17) is 0 Å². The van der Waals surface area contributed by atoms with Gasteiger partial charge in [0.1, 0.15) is 5.69 Å². The molecular weight excluding hydrogens is 463 g/mol. The second-order valence-electron chi connectivity index (χ2n) is 8.46. The fourth-order valence-corrected chi connectivity index (χ4v) is 4.03. The molecule has 1 fully saturated rings. The Hall–Kier alpha value is -3.76. The first-order valence-electron chi connectivity index (χ1n) is 11.2. The number of Topliss-reactive ketones (excluding diaryl/α,β-unsaturated/α-hetero) is 1. The summed E-state index contributed by atoms with van der Waals surface area (Å²) in [4.78, 5) is 48.6. The molecular formula is C24H24F3N5O3. The first-order valence-corrected chi connectivity index (χ1v) is 11.2. The van der Waals surface area contributed by atoms with E-state index in [1.165, 1.54) is 17.0 Å². The molecule has 184 valence electrons. The van der Waals surface area contributed by atoms with Gasteiger partial charge in [-0.25, -0.2) is 4.98 Å². The number of nitrogens with zero attached hydrogens (tertiary/aromatic N) is 5. The highest BCUT2D eigenvalue weighted by Gasteiger charge is 2.32. The van der Waals surface area contributed by atoms with E-state index in [9.17, 15) is 27.6 Å². The van der Waals surface area contributed by atoms with Crippen LogP contribution in [-0.4, -0.2) is 57.3 Å². The summed E-state index contributed by atoms with van der Waals surface area (Å²) >= 11 is 0. The van der Waals surface area contributed by atoms with Gasteiger partial charge in [0.05, 0.1) is 23.8 Å². The lowest BCUT2D eigenvalue weighted by atomic mass is 10.1. The van der Waals surface area contributed by atoms with E-state index >= 15 is 0 Å². The van der Waals surface area contributed by atoms with Crippen molar-refractivity contribution >= 4 is 28.3 Å². The molecule has 0 spiro atoms. The number of carbonyl (C=O) groups excluding carboxylic acids is 2. The van der Waals surface area contributed by atoms with Crippen LogP contribution in [0.4, 0.5) is 18.9 Å². The number of aromatic nitrogens is 3. The number of carbonyl (C=O) groups is 2. The molecule has 3 heterocycles. The van der Waals surface area contributed by atoms with Crippen molar-refractivity contribution in [3.8, 4) is 0 Å². The highest BCUT2D eigenvalue weighted by molar-refractivity contribution is 5.83. The average molecular weight is 487 g/mol. The number of benzene rings is 1. The van der Waals surface area contributed by atoms with Crippen molar-refractivity contribution in [2.45, 2.75) is 32.5 Å². The van der Waals surface area contributed by atoms with Crippen molar-refractivity contribution < 1.29 is 22.8 Å². The Morgan fingerprint density at radius 3 is 2.40 bits per heavy atom. The third-order valence-electron chi connectivity index (χ3n) is 6.05. The molecule has 35 heavy (non-hydrogen) atoms. The maximum Gasteiger partial charge on any atom is 0.433 e. The number of halogens is 3. The molecule has 11 heteroatoms. The molecule has 1 saturated heterocycles. The quantitative estimate of drug-likeness (QED) is 0.531. The molecule has 1 aromatic carbocycles. The molecule has 1 aliphatic rings. The predicted molar refractivity (Wildman–Crippen MR) is 123 cm³/mol. The molecule has 0 N–H and O–H groups in total. The van der Waals surface area contributed by atoms with Gasteiger partial charge in [0.15, 0.2) is 5.78 Å². The van der Waals surface area contributed by atoms with E-state index in [-0.39, 0.29) is 36.6 Å². The van der Waals surface area contributed by atoms with Gasteiger partial charge in [-0.05, 0) is 36.2 Å². The van der Waals surface area contributed by atoms with E-state index in [0.29, 0.717) is 42.6 Å². The molecule has 4 rings (SSSR count). The SMILES string of the molecule is CC(=O)N1CCN(c2ccc3ncn(CC(=O)CCc4ccc(C(F)(F)F)nc4)c(=O)c3c2)CC1. The zero-order chi connectivity index (χ0) is 25.2. The lowest BCUT2D eigenvalue weighted by Gasteiger charge is -2.35.